The van der Waals surface area contributed by atoms with Gasteiger partial charge in [-0.25, -0.2) is 0 Å². The quantitative estimate of drug-likeness (QED) is 0.302. The largest absolute Gasteiger partial charge is 0.290 e. The molecule has 0 amide bonds. The molecular formula is C24H36N+. The van der Waals surface area contributed by atoms with Crippen LogP contribution in [0.4, 0.5) is 5.69 Å². The maximum absolute atomic E-state index is 2.36. The normalized spacial score (nSPS) is 12.9. The van der Waals surface area contributed by atoms with E-state index in [-0.39, 0.29) is 0 Å². The number of benzene rings is 2. The summed E-state index contributed by atoms with van der Waals surface area (Å²) in [7, 11) is 4.71. The highest BCUT2D eigenvalue weighted by atomic mass is 15.3. The molecule has 0 aliphatic carbocycles. The summed E-state index contributed by atoms with van der Waals surface area (Å²) < 4.78 is 0.917. The molecule has 25 heavy (non-hydrogen) atoms. The van der Waals surface area contributed by atoms with Crippen molar-refractivity contribution < 1.29 is 0 Å². The zero-order valence-electron chi connectivity index (χ0n) is 16.5. The van der Waals surface area contributed by atoms with Crippen LogP contribution in [0.5, 0.6) is 0 Å². The SMILES string of the molecule is CCCCCCCCCC(c1ccccc1)[N+](C)(C)c1ccccc1. The van der Waals surface area contributed by atoms with Crippen LogP contribution in [-0.2, 0) is 0 Å². The first-order valence-electron chi connectivity index (χ1n) is 10.1. The zero-order valence-corrected chi connectivity index (χ0v) is 16.5. The first kappa shape index (κ1) is 19.7. The van der Waals surface area contributed by atoms with Gasteiger partial charge < -0.3 is 0 Å². The summed E-state index contributed by atoms with van der Waals surface area (Å²) in [5, 5.41) is 0. The Hall–Kier alpha value is -1.60. The molecule has 2 rings (SSSR count). The van der Waals surface area contributed by atoms with E-state index in [1.807, 2.05) is 0 Å². The Morgan fingerprint density at radius 2 is 1.20 bits per heavy atom. The van der Waals surface area contributed by atoms with Gasteiger partial charge in [-0.1, -0.05) is 94.0 Å². The summed E-state index contributed by atoms with van der Waals surface area (Å²) in [5.41, 5.74) is 2.85. The summed E-state index contributed by atoms with van der Waals surface area (Å²) >= 11 is 0. The highest BCUT2D eigenvalue weighted by molar-refractivity contribution is 5.43. The second kappa shape index (κ2) is 10.4. The number of nitrogens with zero attached hydrogens (tertiary/aromatic N) is 1. The van der Waals surface area contributed by atoms with Gasteiger partial charge in [0.25, 0.3) is 0 Å². The predicted octanol–water partition coefficient (Wildman–Crippen LogP) is 7.14. The van der Waals surface area contributed by atoms with Gasteiger partial charge in [-0.2, -0.15) is 0 Å². The van der Waals surface area contributed by atoms with E-state index in [9.17, 15) is 0 Å². The van der Waals surface area contributed by atoms with Gasteiger partial charge in [-0.3, -0.25) is 4.48 Å². The molecule has 1 unspecified atom stereocenters. The Kier molecular flexibility index (Phi) is 8.21. The number of hydrogen-bond donors (Lipinski definition) is 0. The van der Waals surface area contributed by atoms with Crippen molar-refractivity contribution in [1.82, 2.24) is 4.48 Å². The van der Waals surface area contributed by atoms with Crippen LogP contribution in [-0.4, -0.2) is 14.1 Å². The summed E-state index contributed by atoms with van der Waals surface area (Å²) in [4.78, 5) is 0. The molecule has 2 aromatic rings. The number of rotatable bonds is 11. The third-order valence-corrected chi connectivity index (χ3v) is 5.47. The molecule has 0 aromatic heterocycles. The fraction of sp³-hybridized carbons (Fsp3) is 0.500. The maximum atomic E-state index is 2.36. The van der Waals surface area contributed by atoms with E-state index >= 15 is 0 Å². The van der Waals surface area contributed by atoms with Crippen molar-refractivity contribution in [2.75, 3.05) is 14.1 Å². The van der Waals surface area contributed by atoms with Crippen molar-refractivity contribution in [2.45, 2.75) is 64.3 Å². The van der Waals surface area contributed by atoms with E-state index in [1.165, 1.54) is 62.6 Å². The molecule has 0 radical (unpaired) electrons. The summed E-state index contributed by atoms with van der Waals surface area (Å²) in [6, 6.07) is 22.5. The molecule has 0 heterocycles. The Balaban J connectivity index is 2.02. The van der Waals surface area contributed by atoms with Gasteiger partial charge >= 0.3 is 0 Å². The van der Waals surface area contributed by atoms with Crippen molar-refractivity contribution in [3.8, 4) is 0 Å². The van der Waals surface area contributed by atoms with Crippen LogP contribution in [0, 0.1) is 0 Å². The molecule has 1 heteroatoms. The van der Waals surface area contributed by atoms with Crippen LogP contribution in [0.15, 0.2) is 60.7 Å². The third kappa shape index (κ3) is 6.01. The lowest BCUT2D eigenvalue weighted by atomic mass is 9.96. The molecule has 1 atom stereocenters. The van der Waals surface area contributed by atoms with Crippen LogP contribution in [0.3, 0.4) is 0 Å². The molecule has 136 valence electrons. The molecule has 0 spiro atoms. The van der Waals surface area contributed by atoms with Crippen molar-refractivity contribution in [1.29, 1.82) is 0 Å². The number of quaternary nitrogens is 1. The van der Waals surface area contributed by atoms with Crippen LogP contribution in [0.2, 0.25) is 0 Å². The zero-order chi connectivity index (χ0) is 18.0. The Morgan fingerprint density at radius 3 is 1.80 bits per heavy atom. The number of unbranched alkanes of at least 4 members (excludes halogenated alkanes) is 6. The van der Waals surface area contributed by atoms with Gasteiger partial charge in [0.2, 0.25) is 0 Å². The molecule has 0 aliphatic heterocycles. The van der Waals surface area contributed by atoms with Gasteiger partial charge in [0.1, 0.15) is 11.7 Å². The van der Waals surface area contributed by atoms with E-state index < -0.39 is 0 Å². The molecular weight excluding hydrogens is 302 g/mol. The Bertz CT molecular complexity index is 574. The van der Waals surface area contributed by atoms with Crippen molar-refractivity contribution in [2.24, 2.45) is 0 Å². The lowest BCUT2D eigenvalue weighted by Gasteiger charge is -2.38. The molecule has 0 fully saturated rings. The van der Waals surface area contributed by atoms with Gasteiger partial charge in [0.05, 0.1) is 14.1 Å². The van der Waals surface area contributed by atoms with E-state index in [0.29, 0.717) is 6.04 Å². The topological polar surface area (TPSA) is 0 Å². The lowest BCUT2D eigenvalue weighted by Crippen LogP contribution is -2.44. The maximum Gasteiger partial charge on any atom is 0.132 e. The summed E-state index contributed by atoms with van der Waals surface area (Å²) in [6.45, 7) is 2.29. The summed E-state index contributed by atoms with van der Waals surface area (Å²) in [6.07, 6.45) is 10.9. The first-order valence-corrected chi connectivity index (χ1v) is 10.1. The van der Waals surface area contributed by atoms with Crippen LogP contribution in [0.1, 0.15) is 69.9 Å². The van der Waals surface area contributed by atoms with E-state index in [1.54, 1.807) is 0 Å². The highest BCUT2D eigenvalue weighted by Crippen LogP contribution is 2.35. The van der Waals surface area contributed by atoms with E-state index in [0.717, 1.165) is 4.48 Å². The fourth-order valence-corrected chi connectivity index (χ4v) is 3.82. The minimum absolute atomic E-state index is 0.513. The van der Waals surface area contributed by atoms with Gasteiger partial charge in [0, 0.05) is 12.0 Å². The molecule has 0 saturated heterocycles. The first-order chi connectivity index (χ1) is 12.2. The van der Waals surface area contributed by atoms with Gasteiger partial charge in [-0.05, 0) is 18.6 Å². The molecule has 0 N–H and O–H groups in total. The van der Waals surface area contributed by atoms with Crippen molar-refractivity contribution in [3.05, 3.63) is 66.2 Å². The Morgan fingerprint density at radius 1 is 0.680 bits per heavy atom. The second-order valence-corrected chi connectivity index (χ2v) is 7.71. The Labute approximate surface area is 155 Å². The fourth-order valence-electron chi connectivity index (χ4n) is 3.82. The average Bonchev–Trinajstić information content (AvgIpc) is 2.65. The molecule has 0 saturated carbocycles. The molecule has 1 nitrogen and oxygen atoms in total. The number of para-hydroxylation sites is 1. The standard InChI is InChI=1S/C24H36N/c1-4-5-6-7-8-9-16-21-24(22-17-12-10-13-18-22)25(2,3)23-19-14-11-15-20-23/h10-15,17-20,24H,4-9,16,21H2,1-3H3/q+1. The van der Waals surface area contributed by atoms with Crippen LogP contribution < -0.4 is 4.48 Å². The molecule has 2 aromatic carbocycles. The summed E-state index contributed by atoms with van der Waals surface area (Å²) in [5.74, 6) is 0. The van der Waals surface area contributed by atoms with Gasteiger partial charge in [-0.15, -0.1) is 0 Å². The van der Waals surface area contributed by atoms with E-state index in [2.05, 4.69) is 81.7 Å². The minimum atomic E-state index is 0.513. The van der Waals surface area contributed by atoms with Gasteiger partial charge in [0.15, 0.2) is 0 Å². The monoisotopic (exact) mass is 338 g/mol. The molecule has 0 aliphatic rings. The lowest BCUT2D eigenvalue weighted by molar-refractivity contribution is 0.274. The predicted molar refractivity (Wildman–Crippen MR) is 112 cm³/mol. The van der Waals surface area contributed by atoms with E-state index in [4.69, 9.17) is 0 Å². The highest BCUT2D eigenvalue weighted by Gasteiger charge is 2.31. The minimum Gasteiger partial charge on any atom is -0.290 e. The molecule has 0 bridgehead atoms. The average molecular weight is 339 g/mol. The number of hydrogen-bond acceptors (Lipinski definition) is 0. The third-order valence-electron chi connectivity index (χ3n) is 5.47. The second-order valence-electron chi connectivity index (χ2n) is 7.71. The smallest absolute Gasteiger partial charge is 0.132 e. The van der Waals surface area contributed by atoms with Crippen LogP contribution >= 0.6 is 0 Å². The van der Waals surface area contributed by atoms with Crippen molar-refractivity contribution in [3.63, 3.8) is 0 Å². The van der Waals surface area contributed by atoms with Crippen LogP contribution in [0.25, 0.3) is 0 Å². The van der Waals surface area contributed by atoms with Crippen molar-refractivity contribution >= 4 is 5.69 Å².